The Balaban J connectivity index is 2.91. The third-order valence-corrected chi connectivity index (χ3v) is 1.28. The van der Waals surface area contributed by atoms with Gasteiger partial charge in [-0.05, 0) is 5.10 Å². The first-order chi connectivity index (χ1) is 5.27. The van der Waals surface area contributed by atoms with E-state index in [-0.39, 0.29) is 11.8 Å². The van der Waals surface area contributed by atoms with Crippen LogP contribution >= 0.6 is 0 Å². The fourth-order valence-electron chi connectivity index (χ4n) is 0.829. The Hall–Kier alpha value is -1.92. The predicted octanol–water partition coefficient (Wildman–Crippen LogP) is -1.67. The summed E-state index contributed by atoms with van der Waals surface area (Å²) in [6, 6.07) is 0. The van der Waals surface area contributed by atoms with Gasteiger partial charge in [0.1, 0.15) is 0 Å². The Kier molecular flexibility index (Phi) is 0.945. The van der Waals surface area contributed by atoms with Crippen molar-refractivity contribution in [2.24, 2.45) is 0 Å². The molecular weight excluding hydrogens is 146 g/mol. The van der Waals surface area contributed by atoms with Crippen LogP contribution in [0.4, 0.5) is 11.8 Å². The molecule has 0 amide bonds. The quantitative estimate of drug-likeness (QED) is 0.416. The van der Waals surface area contributed by atoms with E-state index in [1.807, 2.05) is 0 Å². The maximum Gasteiger partial charge on any atom is 0.344 e. The minimum Gasteiger partial charge on any atom is -0.371 e. The second-order valence-electron chi connectivity index (χ2n) is 2.03. The highest BCUT2D eigenvalue weighted by molar-refractivity contribution is 5.77. The number of nitrogens with two attached hydrogens (primary N) is 2. The summed E-state index contributed by atoms with van der Waals surface area (Å²) in [5.74, 6) is 0.494. The summed E-state index contributed by atoms with van der Waals surface area (Å²) >= 11 is 0. The molecule has 6 N–H and O–H groups in total. The fraction of sp³-hybridized carbons (Fsp3) is 0. The van der Waals surface area contributed by atoms with Crippen molar-refractivity contribution in [2.75, 3.05) is 11.5 Å². The van der Waals surface area contributed by atoms with Gasteiger partial charge in [0.05, 0.1) is 0 Å². The number of H-pyrrole nitrogens is 2. The van der Waals surface area contributed by atoms with Crippen LogP contribution in [0.1, 0.15) is 0 Å². The average Bonchev–Trinajstić information content (AvgIpc) is 2.34. The molecule has 7 nitrogen and oxygen atoms in total. The number of aromatic amines is 2. The molecule has 0 aliphatic rings. The van der Waals surface area contributed by atoms with Gasteiger partial charge in [0.2, 0.25) is 11.3 Å². The zero-order valence-corrected chi connectivity index (χ0v) is 5.50. The molecule has 0 atom stereocenters. The van der Waals surface area contributed by atoms with Gasteiger partial charge in [-0.15, -0.1) is 10.3 Å². The Morgan fingerprint density at radius 3 is 2.91 bits per heavy atom. The van der Waals surface area contributed by atoms with E-state index in [1.54, 1.807) is 0 Å². The Bertz CT molecular complexity index is 390. The molecule has 0 aliphatic carbocycles. The lowest BCUT2D eigenvalue weighted by molar-refractivity contribution is -0.333. The van der Waals surface area contributed by atoms with Crippen LogP contribution in [0.3, 0.4) is 0 Å². The van der Waals surface area contributed by atoms with Crippen molar-refractivity contribution in [1.29, 1.82) is 0 Å². The highest BCUT2D eigenvalue weighted by Crippen LogP contribution is 2.08. The third kappa shape index (κ3) is 0.741. The molecule has 11 heavy (non-hydrogen) atoms. The molecule has 0 aliphatic heterocycles. The number of hydrogen-bond donors (Lipinski definition) is 3. The van der Waals surface area contributed by atoms with E-state index < -0.39 is 0 Å². The topological polar surface area (TPSA) is 121 Å². The van der Waals surface area contributed by atoms with Gasteiger partial charge in [-0.2, -0.15) is 0 Å². The molecule has 2 rings (SSSR count). The number of rotatable bonds is 0. The molecule has 0 radical (unpaired) electrons. The van der Waals surface area contributed by atoms with E-state index in [0.717, 1.165) is 0 Å². The molecular formula is C4H6N7+. The van der Waals surface area contributed by atoms with Crippen molar-refractivity contribution in [3.8, 4) is 0 Å². The van der Waals surface area contributed by atoms with Gasteiger partial charge in [0, 0.05) is 0 Å². The Morgan fingerprint density at radius 1 is 1.27 bits per heavy atom. The van der Waals surface area contributed by atoms with Crippen molar-refractivity contribution in [2.45, 2.75) is 0 Å². The van der Waals surface area contributed by atoms with E-state index >= 15 is 0 Å². The number of fused-ring (bicyclic) bond motifs is 1. The smallest absolute Gasteiger partial charge is 0.344 e. The molecule has 0 bridgehead atoms. The molecule has 7 heteroatoms. The molecule has 0 saturated heterocycles. The standard InChI is InChI=1S/C4H5N7/c5-2-1-3(10-11-9-1)8-4(6)7-2/h(H5,5,6,7,8,9,10,11)/p+1. The van der Waals surface area contributed by atoms with Gasteiger partial charge in [-0.25, -0.2) is 4.98 Å². The van der Waals surface area contributed by atoms with Crippen LogP contribution in [-0.2, 0) is 0 Å². The molecule has 0 aromatic carbocycles. The van der Waals surface area contributed by atoms with Crippen molar-refractivity contribution in [3.63, 3.8) is 0 Å². The highest BCUT2D eigenvalue weighted by atomic mass is 15.4. The second-order valence-corrected chi connectivity index (χ2v) is 2.03. The van der Waals surface area contributed by atoms with E-state index in [0.29, 0.717) is 11.2 Å². The first-order valence-corrected chi connectivity index (χ1v) is 2.92. The first kappa shape index (κ1) is 5.83. The molecule has 56 valence electrons. The fourth-order valence-corrected chi connectivity index (χ4v) is 0.829. The molecule has 0 unspecified atom stereocenters. The van der Waals surface area contributed by atoms with Gasteiger partial charge < -0.3 is 11.5 Å². The number of nitrogens with one attached hydrogen (secondary N) is 2. The maximum absolute atomic E-state index is 5.47. The zero-order valence-electron chi connectivity index (χ0n) is 5.50. The summed E-state index contributed by atoms with van der Waals surface area (Å²) < 4.78 is 0. The Labute approximate surface area is 60.8 Å². The number of aromatic nitrogens is 5. The lowest BCUT2D eigenvalue weighted by Crippen LogP contribution is -2.15. The molecule has 2 aromatic heterocycles. The van der Waals surface area contributed by atoms with Gasteiger partial charge >= 0.3 is 5.95 Å². The zero-order chi connectivity index (χ0) is 7.84. The minimum absolute atomic E-state index is 0.226. The predicted molar refractivity (Wildman–Crippen MR) is 37.1 cm³/mol. The van der Waals surface area contributed by atoms with E-state index in [2.05, 4.69) is 25.4 Å². The lowest BCUT2D eigenvalue weighted by atomic mass is 10.5. The Morgan fingerprint density at radius 2 is 2.09 bits per heavy atom. The molecule has 0 spiro atoms. The number of nitrogens with zero attached hydrogens (tertiary/aromatic N) is 3. The van der Waals surface area contributed by atoms with Gasteiger partial charge in [-0.1, -0.05) is 4.98 Å². The van der Waals surface area contributed by atoms with Crippen molar-refractivity contribution in [1.82, 2.24) is 20.4 Å². The van der Waals surface area contributed by atoms with Crippen LogP contribution in [0.15, 0.2) is 0 Å². The maximum atomic E-state index is 5.47. The summed E-state index contributed by atoms with van der Waals surface area (Å²) in [6.07, 6.45) is 0. The molecule has 2 heterocycles. The van der Waals surface area contributed by atoms with Gasteiger partial charge in [0.15, 0.2) is 0 Å². The number of nitrogen functional groups attached to an aromatic ring is 2. The summed E-state index contributed by atoms with van der Waals surface area (Å²) in [5, 5.41) is 9.90. The van der Waals surface area contributed by atoms with Crippen molar-refractivity contribution < 1.29 is 4.98 Å². The lowest BCUT2D eigenvalue weighted by Gasteiger charge is -1.86. The van der Waals surface area contributed by atoms with E-state index in [4.69, 9.17) is 11.5 Å². The largest absolute Gasteiger partial charge is 0.371 e. The SMILES string of the molecule is Nc1nc(N)c2n[nH]nc2[nH+]1. The first-order valence-electron chi connectivity index (χ1n) is 2.92. The highest BCUT2D eigenvalue weighted by Gasteiger charge is 2.11. The summed E-state index contributed by atoms with van der Waals surface area (Å²) in [7, 11) is 0. The second kappa shape index (κ2) is 1.78. The van der Waals surface area contributed by atoms with Crippen LogP contribution in [0.2, 0.25) is 0 Å². The number of anilines is 2. The molecule has 2 aromatic rings. The van der Waals surface area contributed by atoms with Crippen molar-refractivity contribution in [3.05, 3.63) is 0 Å². The van der Waals surface area contributed by atoms with Crippen molar-refractivity contribution >= 4 is 22.9 Å². The average molecular weight is 152 g/mol. The van der Waals surface area contributed by atoms with Crippen LogP contribution in [0.25, 0.3) is 11.2 Å². The summed E-state index contributed by atoms with van der Waals surface area (Å²) in [5.41, 5.74) is 11.8. The van der Waals surface area contributed by atoms with Crippen LogP contribution in [-0.4, -0.2) is 20.4 Å². The minimum atomic E-state index is 0.226. The van der Waals surface area contributed by atoms with E-state index in [9.17, 15) is 0 Å². The third-order valence-electron chi connectivity index (χ3n) is 1.28. The van der Waals surface area contributed by atoms with E-state index in [1.165, 1.54) is 0 Å². The monoisotopic (exact) mass is 152 g/mol. The van der Waals surface area contributed by atoms with Gasteiger partial charge in [0.25, 0.3) is 5.65 Å². The summed E-state index contributed by atoms with van der Waals surface area (Å²) in [6.45, 7) is 0. The van der Waals surface area contributed by atoms with Crippen LogP contribution < -0.4 is 16.5 Å². The van der Waals surface area contributed by atoms with Crippen LogP contribution in [0.5, 0.6) is 0 Å². The molecule has 0 fully saturated rings. The van der Waals surface area contributed by atoms with Crippen LogP contribution in [0, 0.1) is 0 Å². The summed E-state index contributed by atoms with van der Waals surface area (Å²) in [4.78, 5) is 6.44. The number of hydrogen-bond acceptors (Lipinski definition) is 5. The molecule has 0 saturated carbocycles. The normalized spacial score (nSPS) is 10.5. The van der Waals surface area contributed by atoms with Gasteiger partial charge in [-0.3, -0.25) is 0 Å².